The van der Waals surface area contributed by atoms with Crippen LogP contribution in [0.25, 0.3) is 0 Å². The second-order valence-electron chi connectivity index (χ2n) is 6.35. The van der Waals surface area contributed by atoms with Crippen LogP contribution in [0.1, 0.15) is 39.5 Å². The fraction of sp³-hybridized carbons (Fsp3) is 0.933. The van der Waals surface area contributed by atoms with Crippen LogP contribution in [-0.2, 0) is 9.53 Å². The minimum atomic E-state index is 0.0255. The molecular weight excluding hydrogens is 240 g/mol. The Hall–Kier alpha value is -0.610. The Labute approximate surface area is 116 Å². The minimum absolute atomic E-state index is 0.0255. The number of ether oxygens (including phenoxy) is 1. The maximum absolute atomic E-state index is 11.6. The van der Waals surface area contributed by atoms with E-state index in [1.165, 1.54) is 32.2 Å². The van der Waals surface area contributed by atoms with Crippen LogP contribution in [0.5, 0.6) is 0 Å². The van der Waals surface area contributed by atoms with Crippen LogP contribution in [0.2, 0.25) is 0 Å². The molecule has 1 N–H and O–H groups in total. The van der Waals surface area contributed by atoms with Crippen LogP contribution in [0, 0.1) is 11.8 Å². The van der Waals surface area contributed by atoms with Crippen molar-refractivity contribution in [3.8, 4) is 0 Å². The zero-order valence-corrected chi connectivity index (χ0v) is 12.4. The van der Waals surface area contributed by atoms with Gasteiger partial charge in [-0.2, -0.15) is 0 Å². The number of nitrogens with zero attached hydrogens (tertiary/aromatic N) is 1. The van der Waals surface area contributed by atoms with E-state index in [2.05, 4.69) is 24.1 Å². The lowest BCUT2D eigenvalue weighted by Crippen LogP contribution is -2.46. The van der Waals surface area contributed by atoms with E-state index in [9.17, 15) is 4.79 Å². The first-order valence-corrected chi connectivity index (χ1v) is 7.73. The molecule has 1 saturated heterocycles. The van der Waals surface area contributed by atoms with Crippen LogP contribution < -0.4 is 5.32 Å². The summed E-state index contributed by atoms with van der Waals surface area (Å²) in [5.41, 5.74) is 0. The van der Waals surface area contributed by atoms with Crippen molar-refractivity contribution in [1.29, 1.82) is 0 Å². The van der Waals surface area contributed by atoms with Gasteiger partial charge in [0.25, 0.3) is 0 Å². The molecule has 0 bridgehead atoms. The number of carbonyl (C=O) groups excluding carboxylic acids is 1. The third-order valence-electron chi connectivity index (χ3n) is 4.19. The third kappa shape index (κ3) is 5.49. The molecule has 1 saturated carbocycles. The lowest BCUT2D eigenvalue weighted by Gasteiger charge is -2.35. The summed E-state index contributed by atoms with van der Waals surface area (Å²) >= 11 is 0. The molecule has 0 spiro atoms. The van der Waals surface area contributed by atoms with Gasteiger partial charge in [0, 0.05) is 19.1 Å². The molecule has 2 fully saturated rings. The van der Waals surface area contributed by atoms with E-state index < -0.39 is 0 Å². The molecule has 0 aromatic rings. The first kappa shape index (κ1) is 14.8. The summed E-state index contributed by atoms with van der Waals surface area (Å²) < 4.78 is 5.39. The number of carbonyl (C=O) groups is 1. The number of amides is 1. The number of likely N-dealkylation sites (tertiary alicyclic amines) is 1. The Kier molecular flexibility index (Phi) is 5.64. The molecule has 1 aliphatic carbocycles. The van der Waals surface area contributed by atoms with Gasteiger partial charge in [-0.05, 0) is 51.0 Å². The molecule has 1 heterocycles. The van der Waals surface area contributed by atoms with Crippen molar-refractivity contribution in [3.63, 3.8) is 0 Å². The van der Waals surface area contributed by atoms with Crippen molar-refractivity contribution < 1.29 is 9.53 Å². The number of rotatable bonds is 7. The standard InChI is InChI=1S/C15H28N2O2/c1-12-4-3-7-17(9-12)13(2)8-16-15(18)11-19-10-14-5-6-14/h12-14H,3-11H2,1-2H3,(H,16,18)/t12-,13-/m1/s1. The molecule has 0 aromatic carbocycles. The lowest BCUT2D eigenvalue weighted by atomic mass is 9.99. The maximum Gasteiger partial charge on any atom is 0.246 e. The van der Waals surface area contributed by atoms with Crippen LogP contribution in [0.3, 0.4) is 0 Å². The molecule has 2 aliphatic rings. The van der Waals surface area contributed by atoms with E-state index in [1.54, 1.807) is 0 Å². The van der Waals surface area contributed by atoms with Gasteiger partial charge in [0.15, 0.2) is 0 Å². The van der Waals surface area contributed by atoms with Gasteiger partial charge in [0.05, 0.1) is 6.61 Å². The molecule has 2 atom stereocenters. The molecule has 1 amide bonds. The monoisotopic (exact) mass is 268 g/mol. The van der Waals surface area contributed by atoms with Crippen LogP contribution in [0.15, 0.2) is 0 Å². The summed E-state index contributed by atoms with van der Waals surface area (Å²) in [7, 11) is 0. The Morgan fingerprint density at radius 3 is 2.89 bits per heavy atom. The van der Waals surface area contributed by atoms with E-state index in [4.69, 9.17) is 4.74 Å². The minimum Gasteiger partial charge on any atom is -0.371 e. The topological polar surface area (TPSA) is 41.6 Å². The number of hydrogen-bond donors (Lipinski definition) is 1. The highest BCUT2D eigenvalue weighted by Crippen LogP contribution is 2.28. The highest BCUT2D eigenvalue weighted by Gasteiger charge is 2.22. The van der Waals surface area contributed by atoms with Crippen molar-refractivity contribution >= 4 is 5.91 Å². The Bertz CT molecular complexity index is 292. The first-order valence-electron chi connectivity index (χ1n) is 7.73. The van der Waals surface area contributed by atoms with Gasteiger partial charge in [-0.15, -0.1) is 0 Å². The van der Waals surface area contributed by atoms with E-state index >= 15 is 0 Å². The van der Waals surface area contributed by atoms with Gasteiger partial charge in [-0.3, -0.25) is 9.69 Å². The van der Waals surface area contributed by atoms with Crippen molar-refractivity contribution in [3.05, 3.63) is 0 Å². The van der Waals surface area contributed by atoms with Crippen LogP contribution in [0.4, 0.5) is 0 Å². The summed E-state index contributed by atoms with van der Waals surface area (Å²) in [4.78, 5) is 14.1. The Morgan fingerprint density at radius 1 is 1.42 bits per heavy atom. The SMILES string of the molecule is C[C@@H]1CCCN([C@H](C)CNC(=O)COCC2CC2)C1. The Morgan fingerprint density at radius 2 is 2.21 bits per heavy atom. The zero-order chi connectivity index (χ0) is 13.7. The molecule has 1 aliphatic heterocycles. The molecule has 0 radical (unpaired) electrons. The van der Waals surface area contributed by atoms with Gasteiger partial charge in [0.1, 0.15) is 6.61 Å². The average molecular weight is 268 g/mol. The normalized spacial score (nSPS) is 26.1. The van der Waals surface area contributed by atoms with Crippen molar-refractivity contribution in [2.75, 3.05) is 32.8 Å². The fourth-order valence-corrected chi connectivity index (χ4v) is 2.67. The van der Waals surface area contributed by atoms with Crippen molar-refractivity contribution in [2.45, 2.75) is 45.6 Å². The largest absolute Gasteiger partial charge is 0.371 e. The maximum atomic E-state index is 11.6. The second-order valence-corrected chi connectivity index (χ2v) is 6.35. The molecule has 2 rings (SSSR count). The van der Waals surface area contributed by atoms with E-state index in [0.29, 0.717) is 6.04 Å². The third-order valence-corrected chi connectivity index (χ3v) is 4.19. The van der Waals surface area contributed by atoms with Crippen LogP contribution >= 0.6 is 0 Å². The van der Waals surface area contributed by atoms with Crippen molar-refractivity contribution in [1.82, 2.24) is 10.2 Å². The summed E-state index contributed by atoms with van der Waals surface area (Å²) in [6.07, 6.45) is 5.16. The highest BCUT2D eigenvalue weighted by molar-refractivity contribution is 5.77. The molecule has 110 valence electrons. The summed E-state index contributed by atoms with van der Waals surface area (Å²) in [5, 5.41) is 2.98. The van der Waals surface area contributed by atoms with Gasteiger partial charge in [0.2, 0.25) is 5.91 Å². The van der Waals surface area contributed by atoms with Gasteiger partial charge < -0.3 is 10.1 Å². The predicted octanol–water partition coefficient (Wildman–Crippen LogP) is 1.65. The summed E-state index contributed by atoms with van der Waals surface area (Å²) in [6.45, 7) is 8.55. The van der Waals surface area contributed by atoms with Gasteiger partial charge in [-0.25, -0.2) is 0 Å². The summed E-state index contributed by atoms with van der Waals surface area (Å²) in [6, 6.07) is 0.426. The predicted molar refractivity (Wildman–Crippen MR) is 76.0 cm³/mol. The van der Waals surface area contributed by atoms with Gasteiger partial charge in [-0.1, -0.05) is 6.92 Å². The molecule has 0 aromatic heterocycles. The number of hydrogen-bond acceptors (Lipinski definition) is 3. The quantitative estimate of drug-likeness (QED) is 0.763. The molecular formula is C15H28N2O2. The van der Waals surface area contributed by atoms with Crippen molar-refractivity contribution in [2.24, 2.45) is 11.8 Å². The van der Waals surface area contributed by atoms with E-state index in [1.807, 2.05) is 0 Å². The lowest BCUT2D eigenvalue weighted by molar-refractivity contribution is -0.126. The smallest absolute Gasteiger partial charge is 0.246 e. The molecule has 19 heavy (non-hydrogen) atoms. The van der Waals surface area contributed by atoms with E-state index in [0.717, 1.165) is 31.5 Å². The van der Waals surface area contributed by atoms with E-state index in [-0.39, 0.29) is 12.5 Å². The average Bonchev–Trinajstić information content (AvgIpc) is 3.20. The fourth-order valence-electron chi connectivity index (χ4n) is 2.67. The zero-order valence-electron chi connectivity index (χ0n) is 12.4. The summed E-state index contributed by atoms with van der Waals surface area (Å²) in [5.74, 6) is 1.54. The van der Waals surface area contributed by atoms with Crippen LogP contribution in [-0.4, -0.2) is 49.7 Å². The molecule has 4 nitrogen and oxygen atoms in total. The number of piperidine rings is 1. The molecule has 4 heteroatoms. The first-order chi connectivity index (χ1) is 9.15. The Balaban J connectivity index is 1.56. The number of nitrogens with one attached hydrogen (secondary N) is 1. The van der Waals surface area contributed by atoms with Gasteiger partial charge >= 0.3 is 0 Å². The molecule has 0 unspecified atom stereocenters. The second kappa shape index (κ2) is 7.25. The highest BCUT2D eigenvalue weighted by atomic mass is 16.5.